The Bertz CT molecular complexity index is 609. The molecule has 0 fully saturated rings. The third-order valence-electron chi connectivity index (χ3n) is 2.63. The van der Waals surface area contributed by atoms with Gasteiger partial charge in [0.05, 0.1) is 0 Å². The lowest BCUT2D eigenvalue weighted by Crippen LogP contribution is -2.20. The highest BCUT2D eigenvalue weighted by atomic mass is 19.1. The molecule has 104 valence electrons. The van der Waals surface area contributed by atoms with Gasteiger partial charge in [-0.05, 0) is 18.6 Å². The Balaban J connectivity index is 1.94. The van der Waals surface area contributed by atoms with Crippen molar-refractivity contribution in [3.8, 4) is 5.75 Å². The number of nitrogens with one attached hydrogen (secondary N) is 1. The van der Waals surface area contributed by atoms with Gasteiger partial charge in [-0.3, -0.25) is 4.79 Å². The quantitative estimate of drug-likeness (QED) is 0.931. The van der Waals surface area contributed by atoms with Gasteiger partial charge in [0.25, 0.3) is 5.91 Å². The van der Waals surface area contributed by atoms with Crippen LogP contribution in [0.15, 0.2) is 42.5 Å². The monoisotopic (exact) mass is 277 g/mol. The largest absolute Gasteiger partial charge is 0.484 e. The zero-order chi connectivity index (χ0) is 14.5. The second-order valence-corrected chi connectivity index (χ2v) is 4.26. The highest BCUT2D eigenvalue weighted by molar-refractivity contribution is 5.92. The van der Waals surface area contributed by atoms with Gasteiger partial charge < -0.3 is 10.1 Å². The third kappa shape index (κ3) is 3.78. The zero-order valence-corrected chi connectivity index (χ0v) is 10.8. The van der Waals surface area contributed by atoms with Crippen molar-refractivity contribution in [2.75, 3.05) is 11.9 Å². The lowest BCUT2D eigenvalue weighted by molar-refractivity contribution is -0.118. The molecule has 0 unspecified atom stereocenters. The number of para-hydroxylation sites is 1. The number of hydrogen-bond acceptors (Lipinski definition) is 2. The second-order valence-electron chi connectivity index (χ2n) is 4.26. The molecule has 0 saturated carbocycles. The van der Waals surface area contributed by atoms with Gasteiger partial charge in [-0.2, -0.15) is 0 Å². The molecular formula is C15H13F2NO2. The smallest absolute Gasteiger partial charge is 0.262 e. The summed E-state index contributed by atoms with van der Waals surface area (Å²) in [5.74, 6) is -1.93. The maximum Gasteiger partial charge on any atom is 0.262 e. The van der Waals surface area contributed by atoms with Crippen LogP contribution in [0.4, 0.5) is 14.5 Å². The van der Waals surface area contributed by atoms with Gasteiger partial charge in [0.2, 0.25) is 0 Å². The van der Waals surface area contributed by atoms with Crippen LogP contribution < -0.4 is 10.1 Å². The van der Waals surface area contributed by atoms with Crippen molar-refractivity contribution in [3.05, 3.63) is 59.7 Å². The summed E-state index contributed by atoms with van der Waals surface area (Å²) in [5, 5.41) is 2.66. The van der Waals surface area contributed by atoms with E-state index in [1.54, 1.807) is 12.1 Å². The van der Waals surface area contributed by atoms with Crippen molar-refractivity contribution in [1.29, 1.82) is 0 Å². The van der Waals surface area contributed by atoms with E-state index in [0.29, 0.717) is 5.69 Å². The van der Waals surface area contributed by atoms with Gasteiger partial charge in [0.15, 0.2) is 6.61 Å². The highest BCUT2D eigenvalue weighted by Gasteiger charge is 2.07. The van der Waals surface area contributed by atoms with Gasteiger partial charge >= 0.3 is 0 Å². The molecule has 0 heterocycles. The Morgan fingerprint density at radius 2 is 1.80 bits per heavy atom. The van der Waals surface area contributed by atoms with E-state index in [1.807, 2.05) is 19.1 Å². The summed E-state index contributed by atoms with van der Waals surface area (Å²) in [7, 11) is 0. The SMILES string of the molecule is Cc1ccccc1NC(=O)COc1cc(F)cc(F)c1. The number of ether oxygens (including phenoxy) is 1. The van der Waals surface area contributed by atoms with Crippen molar-refractivity contribution in [2.24, 2.45) is 0 Å². The van der Waals surface area contributed by atoms with Crippen molar-refractivity contribution < 1.29 is 18.3 Å². The molecule has 0 bridgehead atoms. The van der Waals surface area contributed by atoms with E-state index >= 15 is 0 Å². The van der Waals surface area contributed by atoms with Crippen LogP contribution in [0, 0.1) is 18.6 Å². The number of hydrogen-bond donors (Lipinski definition) is 1. The van der Waals surface area contributed by atoms with Crippen LogP contribution in [0.25, 0.3) is 0 Å². The minimum atomic E-state index is -0.751. The van der Waals surface area contributed by atoms with Crippen LogP contribution in [-0.2, 0) is 4.79 Å². The fourth-order valence-electron chi connectivity index (χ4n) is 1.66. The lowest BCUT2D eigenvalue weighted by atomic mass is 10.2. The van der Waals surface area contributed by atoms with Crippen LogP contribution >= 0.6 is 0 Å². The number of anilines is 1. The molecule has 1 N–H and O–H groups in total. The number of carbonyl (C=O) groups excluding carboxylic acids is 1. The Kier molecular flexibility index (Phi) is 4.30. The molecule has 2 aromatic rings. The average Bonchev–Trinajstić information content (AvgIpc) is 2.38. The highest BCUT2D eigenvalue weighted by Crippen LogP contribution is 2.16. The molecule has 2 aromatic carbocycles. The fourth-order valence-corrected chi connectivity index (χ4v) is 1.66. The molecule has 1 amide bonds. The molecular weight excluding hydrogens is 264 g/mol. The topological polar surface area (TPSA) is 38.3 Å². The standard InChI is InChI=1S/C15H13F2NO2/c1-10-4-2-3-5-14(10)18-15(19)9-20-13-7-11(16)6-12(17)8-13/h2-8H,9H2,1H3,(H,18,19). The van der Waals surface area contributed by atoms with Crippen LogP contribution in [-0.4, -0.2) is 12.5 Å². The molecule has 2 rings (SSSR count). The molecule has 3 nitrogen and oxygen atoms in total. The Morgan fingerprint density at radius 3 is 2.45 bits per heavy atom. The van der Waals surface area contributed by atoms with Gasteiger partial charge in [-0.15, -0.1) is 0 Å². The number of benzene rings is 2. The Hall–Kier alpha value is -2.43. The predicted molar refractivity (Wildman–Crippen MR) is 71.7 cm³/mol. The van der Waals surface area contributed by atoms with Crippen molar-refractivity contribution in [1.82, 2.24) is 0 Å². The first-order valence-corrected chi connectivity index (χ1v) is 5.99. The summed E-state index contributed by atoms with van der Waals surface area (Å²) in [6.45, 7) is 1.54. The second kappa shape index (κ2) is 6.14. The molecule has 0 aliphatic rings. The van der Waals surface area contributed by atoms with E-state index in [1.165, 1.54) is 0 Å². The van der Waals surface area contributed by atoms with E-state index in [-0.39, 0.29) is 12.4 Å². The minimum Gasteiger partial charge on any atom is -0.484 e. The van der Waals surface area contributed by atoms with Crippen molar-refractivity contribution in [2.45, 2.75) is 6.92 Å². The van der Waals surface area contributed by atoms with E-state index in [9.17, 15) is 13.6 Å². The summed E-state index contributed by atoms with van der Waals surface area (Å²) in [6, 6.07) is 10.0. The summed E-state index contributed by atoms with van der Waals surface area (Å²) >= 11 is 0. The van der Waals surface area contributed by atoms with Gasteiger partial charge in [0.1, 0.15) is 17.4 Å². The predicted octanol–water partition coefficient (Wildman–Crippen LogP) is 3.29. The molecule has 0 spiro atoms. The number of amides is 1. The van der Waals surface area contributed by atoms with E-state index in [2.05, 4.69) is 5.32 Å². The third-order valence-corrected chi connectivity index (χ3v) is 2.63. The van der Waals surface area contributed by atoms with E-state index in [0.717, 1.165) is 23.8 Å². The number of halogens is 2. The van der Waals surface area contributed by atoms with Crippen LogP contribution in [0.3, 0.4) is 0 Å². The molecule has 0 saturated heterocycles. The van der Waals surface area contributed by atoms with Crippen LogP contribution in [0.2, 0.25) is 0 Å². The van der Waals surface area contributed by atoms with Crippen LogP contribution in [0.1, 0.15) is 5.56 Å². The summed E-state index contributed by atoms with van der Waals surface area (Å²) in [6.07, 6.45) is 0. The zero-order valence-electron chi connectivity index (χ0n) is 10.8. The summed E-state index contributed by atoms with van der Waals surface area (Å²) in [4.78, 5) is 11.7. The van der Waals surface area contributed by atoms with Gasteiger partial charge in [0, 0.05) is 23.9 Å². The molecule has 20 heavy (non-hydrogen) atoms. The minimum absolute atomic E-state index is 0.0255. The average molecular weight is 277 g/mol. The van der Waals surface area contributed by atoms with Crippen molar-refractivity contribution >= 4 is 11.6 Å². The normalized spacial score (nSPS) is 10.2. The molecule has 0 aliphatic heterocycles. The Labute approximate surface area is 115 Å². The number of rotatable bonds is 4. The maximum atomic E-state index is 12.9. The molecule has 0 aromatic heterocycles. The van der Waals surface area contributed by atoms with Gasteiger partial charge in [-0.1, -0.05) is 18.2 Å². The first-order valence-electron chi connectivity index (χ1n) is 5.99. The summed E-state index contributed by atoms with van der Waals surface area (Å²) < 4.78 is 30.9. The van der Waals surface area contributed by atoms with E-state index in [4.69, 9.17) is 4.74 Å². The molecule has 0 radical (unpaired) electrons. The van der Waals surface area contributed by atoms with Crippen molar-refractivity contribution in [3.63, 3.8) is 0 Å². The first kappa shape index (κ1) is 14.0. The molecule has 0 aliphatic carbocycles. The van der Waals surface area contributed by atoms with Gasteiger partial charge in [-0.25, -0.2) is 8.78 Å². The summed E-state index contributed by atoms with van der Waals surface area (Å²) in [5.41, 5.74) is 1.59. The maximum absolute atomic E-state index is 12.9. The molecule has 0 atom stereocenters. The number of carbonyl (C=O) groups is 1. The van der Waals surface area contributed by atoms with Crippen LogP contribution in [0.5, 0.6) is 5.75 Å². The fraction of sp³-hybridized carbons (Fsp3) is 0.133. The lowest BCUT2D eigenvalue weighted by Gasteiger charge is -2.09. The number of aryl methyl sites for hydroxylation is 1. The van der Waals surface area contributed by atoms with E-state index < -0.39 is 17.5 Å². The Morgan fingerprint density at radius 1 is 1.15 bits per heavy atom. The first-order chi connectivity index (χ1) is 9.54. The molecule has 5 heteroatoms.